The third-order valence-electron chi connectivity index (χ3n) is 5.46. The number of hydrogen-bond donors (Lipinski definition) is 1. The standard InChI is InChI=1S/C22H26ClN3O2/c23-19-8-9-20(18-7-10-21(27)24-22(18)19)28-16-4-11-25-12-14-26(15-13-25)17-5-2-1-3-6-17/h1-3,5-6,8-9H,4,7,10-16H2,(H,24,27). The van der Waals surface area contributed by atoms with E-state index in [0.717, 1.165) is 50.5 Å². The molecule has 4 rings (SSSR count). The Morgan fingerprint density at radius 2 is 1.79 bits per heavy atom. The highest BCUT2D eigenvalue weighted by atomic mass is 35.5. The van der Waals surface area contributed by atoms with Crippen molar-refractivity contribution in [2.24, 2.45) is 0 Å². The van der Waals surface area contributed by atoms with Crippen LogP contribution in [0.15, 0.2) is 42.5 Å². The number of amides is 1. The van der Waals surface area contributed by atoms with Gasteiger partial charge in [-0.2, -0.15) is 0 Å². The second-order valence-corrected chi connectivity index (χ2v) is 7.72. The SMILES string of the molecule is O=C1CCc2c(OCCCN3CCN(c4ccccc4)CC3)ccc(Cl)c2N1. The van der Waals surface area contributed by atoms with Crippen molar-refractivity contribution < 1.29 is 9.53 Å². The summed E-state index contributed by atoms with van der Waals surface area (Å²) in [5, 5.41) is 3.44. The van der Waals surface area contributed by atoms with Crippen molar-refractivity contribution in [2.45, 2.75) is 19.3 Å². The van der Waals surface area contributed by atoms with E-state index in [1.807, 2.05) is 6.07 Å². The van der Waals surface area contributed by atoms with Crippen molar-refractivity contribution in [3.63, 3.8) is 0 Å². The number of anilines is 2. The van der Waals surface area contributed by atoms with Gasteiger partial charge in [-0.05, 0) is 37.1 Å². The number of para-hydroxylation sites is 1. The molecule has 0 saturated carbocycles. The molecule has 0 aliphatic carbocycles. The van der Waals surface area contributed by atoms with Gasteiger partial charge in [-0.25, -0.2) is 0 Å². The van der Waals surface area contributed by atoms with Gasteiger partial charge in [0.2, 0.25) is 5.91 Å². The molecule has 1 amide bonds. The van der Waals surface area contributed by atoms with Crippen molar-refractivity contribution in [1.82, 2.24) is 4.90 Å². The predicted octanol–water partition coefficient (Wildman–Crippen LogP) is 3.82. The maximum absolute atomic E-state index is 11.6. The van der Waals surface area contributed by atoms with Gasteiger partial charge in [-0.3, -0.25) is 9.69 Å². The van der Waals surface area contributed by atoms with E-state index in [1.165, 1.54) is 5.69 Å². The molecule has 2 aromatic carbocycles. The Morgan fingerprint density at radius 3 is 2.57 bits per heavy atom. The van der Waals surface area contributed by atoms with E-state index in [2.05, 4.69) is 45.4 Å². The monoisotopic (exact) mass is 399 g/mol. The van der Waals surface area contributed by atoms with Crippen LogP contribution in [0.5, 0.6) is 5.75 Å². The molecule has 0 spiro atoms. The van der Waals surface area contributed by atoms with E-state index >= 15 is 0 Å². The molecule has 1 N–H and O–H groups in total. The summed E-state index contributed by atoms with van der Waals surface area (Å²) in [4.78, 5) is 16.6. The lowest BCUT2D eigenvalue weighted by atomic mass is 10.0. The van der Waals surface area contributed by atoms with Gasteiger partial charge in [0.25, 0.3) is 0 Å². The zero-order valence-electron chi connectivity index (χ0n) is 16.0. The summed E-state index contributed by atoms with van der Waals surface area (Å²) < 4.78 is 6.03. The summed E-state index contributed by atoms with van der Waals surface area (Å²) in [6, 6.07) is 14.3. The minimum Gasteiger partial charge on any atom is -0.493 e. The quantitative estimate of drug-likeness (QED) is 0.750. The maximum atomic E-state index is 11.6. The number of fused-ring (bicyclic) bond motifs is 1. The van der Waals surface area contributed by atoms with Gasteiger partial charge in [-0.1, -0.05) is 29.8 Å². The van der Waals surface area contributed by atoms with Gasteiger partial charge in [0.05, 0.1) is 17.3 Å². The number of rotatable bonds is 6. The van der Waals surface area contributed by atoms with Crippen LogP contribution in [-0.4, -0.2) is 50.1 Å². The van der Waals surface area contributed by atoms with Crippen LogP contribution in [0.3, 0.4) is 0 Å². The van der Waals surface area contributed by atoms with Gasteiger partial charge < -0.3 is 15.0 Å². The molecule has 1 saturated heterocycles. The lowest BCUT2D eigenvalue weighted by Gasteiger charge is -2.36. The van der Waals surface area contributed by atoms with Crippen LogP contribution < -0.4 is 15.0 Å². The minimum atomic E-state index is 0.0150. The minimum absolute atomic E-state index is 0.0150. The van der Waals surface area contributed by atoms with Crippen LogP contribution >= 0.6 is 11.6 Å². The lowest BCUT2D eigenvalue weighted by Crippen LogP contribution is -2.46. The molecule has 0 aromatic heterocycles. The third kappa shape index (κ3) is 4.42. The van der Waals surface area contributed by atoms with Crippen LogP contribution in [0.25, 0.3) is 0 Å². The topological polar surface area (TPSA) is 44.8 Å². The molecule has 2 aliphatic heterocycles. The van der Waals surface area contributed by atoms with Crippen molar-refractivity contribution in [1.29, 1.82) is 0 Å². The molecule has 0 unspecified atom stereocenters. The Balaban J connectivity index is 1.23. The first-order chi connectivity index (χ1) is 13.7. The normalized spacial score (nSPS) is 17.2. The molecular weight excluding hydrogens is 374 g/mol. The van der Waals surface area contributed by atoms with E-state index in [0.29, 0.717) is 30.2 Å². The molecule has 6 heteroatoms. The molecule has 2 heterocycles. The van der Waals surface area contributed by atoms with E-state index in [1.54, 1.807) is 6.07 Å². The summed E-state index contributed by atoms with van der Waals surface area (Å²) in [6.07, 6.45) is 2.14. The van der Waals surface area contributed by atoms with E-state index in [-0.39, 0.29) is 5.91 Å². The summed E-state index contributed by atoms with van der Waals surface area (Å²) >= 11 is 6.22. The average Bonchev–Trinajstić information content (AvgIpc) is 2.74. The zero-order chi connectivity index (χ0) is 19.3. The number of piperazine rings is 1. The molecule has 2 aromatic rings. The van der Waals surface area contributed by atoms with Gasteiger partial charge in [0.15, 0.2) is 0 Å². The highest BCUT2D eigenvalue weighted by Crippen LogP contribution is 2.37. The van der Waals surface area contributed by atoms with Crippen LogP contribution in [0, 0.1) is 0 Å². The van der Waals surface area contributed by atoms with E-state index < -0.39 is 0 Å². The van der Waals surface area contributed by atoms with Crippen LogP contribution in [0.2, 0.25) is 5.02 Å². The van der Waals surface area contributed by atoms with Crippen molar-refractivity contribution >= 4 is 28.9 Å². The van der Waals surface area contributed by atoms with Crippen LogP contribution in [0.1, 0.15) is 18.4 Å². The van der Waals surface area contributed by atoms with Gasteiger partial charge >= 0.3 is 0 Å². The molecule has 0 radical (unpaired) electrons. The second-order valence-electron chi connectivity index (χ2n) is 7.31. The first kappa shape index (κ1) is 19.1. The maximum Gasteiger partial charge on any atom is 0.224 e. The fourth-order valence-corrected chi connectivity index (χ4v) is 4.12. The van der Waals surface area contributed by atoms with Gasteiger partial charge in [0, 0.05) is 50.4 Å². The summed E-state index contributed by atoms with van der Waals surface area (Å²) in [6.45, 7) is 6.00. The smallest absolute Gasteiger partial charge is 0.224 e. The highest BCUT2D eigenvalue weighted by molar-refractivity contribution is 6.34. The van der Waals surface area contributed by atoms with Crippen molar-refractivity contribution in [2.75, 3.05) is 49.5 Å². The summed E-state index contributed by atoms with van der Waals surface area (Å²) in [7, 11) is 0. The molecule has 0 bridgehead atoms. The van der Waals surface area contributed by atoms with E-state index in [4.69, 9.17) is 16.3 Å². The molecule has 148 valence electrons. The molecule has 28 heavy (non-hydrogen) atoms. The lowest BCUT2D eigenvalue weighted by molar-refractivity contribution is -0.116. The Labute approximate surface area is 171 Å². The number of halogens is 1. The summed E-state index contributed by atoms with van der Waals surface area (Å²) in [5.41, 5.74) is 3.04. The number of nitrogens with zero attached hydrogens (tertiary/aromatic N) is 2. The third-order valence-corrected chi connectivity index (χ3v) is 5.77. The van der Waals surface area contributed by atoms with E-state index in [9.17, 15) is 4.79 Å². The fourth-order valence-electron chi connectivity index (χ4n) is 3.90. The number of carbonyl (C=O) groups is 1. The molecule has 1 fully saturated rings. The Morgan fingerprint density at radius 1 is 1.00 bits per heavy atom. The Kier molecular flexibility index (Phi) is 6.03. The number of ether oxygens (including phenoxy) is 1. The van der Waals surface area contributed by atoms with Gasteiger partial charge in [0.1, 0.15) is 5.75 Å². The van der Waals surface area contributed by atoms with Crippen LogP contribution in [0.4, 0.5) is 11.4 Å². The number of nitrogens with one attached hydrogen (secondary N) is 1. The molecule has 5 nitrogen and oxygen atoms in total. The number of benzene rings is 2. The average molecular weight is 400 g/mol. The van der Waals surface area contributed by atoms with Crippen molar-refractivity contribution in [3.8, 4) is 5.75 Å². The highest BCUT2D eigenvalue weighted by Gasteiger charge is 2.21. The largest absolute Gasteiger partial charge is 0.493 e. The van der Waals surface area contributed by atoms with Crippen LogP contribution in [-0.2, 0) is 11.2 Å². The Bertz CT molecular complexity index is 820. The predicted molar refractivity (Wildman–Crippen MR) is 114 cm³/mol. The first-order valence-corrected chi connectivity index (χ1v) is 10.3. The zero-order valence-corrected chi connectivity index (χ0v) is 16.8. The van der Waals surface area contributed by atoms with Crippen molar-refractivity contribution in [3.05, 3.63) is 53.1 Å². The Hall–Kier alpha value is -2.24. The van der Waals surface area contributed by atoms with Gasteiger partial charge in [-0.15, -0.1) is 0 Å². The first-order valence-electron chi connectivity index (χ1n) is 9.97. The fraction of sp³-hybridized carbons (Fsp3) is 0.409. The molecular formula is C22H26ClN3O2. The number of carbonyl (C=O) groups excluding carboxylic acids is 1. The molecule has 2 aliphatic rings. The summed E-state index contributed by atoms with van der Waals surface area (Å²) in [5.74, 6) is 0.856. The molecule has 0 atom stereocenters. The number of hydrogen-bond acceptors (Lipinski definition) is 4. The second kappa shape index (κ2) is 8.84.